The smallest absolute Gasteiger partial charge is 0.244 e. The topological polar surface area (TPSA) is 60.5 Å². The average molecular weight is 312 g/mol. The van der Waals surface area contributed by atoms with Gasteiger partial charge in [0.05, 0.1) is 20.3 Å². The van der Waals surface area contributed by atoms with Crippen LogP contribution < -0.4 is 14.8 Å². The summed E-state index contributed by atoms with van der Waals surface area (Å²) >= 11 is 0. The van der Waals surface area contributed by atoms with Gasteiger partial charge in [-0.2, -0.15) is 0 Å². The summed E-state index contributed by atoms with van der Waals surface area (Å²) in [4.78, 5) is 16.0. The van der Waals surface area contributed by atoms with E-state index in [1.165, 1.54) is 6.08 Å². The molecule has 5 nitrogen and oxygen atoms in total. The molecule has 120 valence electrons. The van der Waals surface area contributed by atoms with Gasteiger partial charge >= 0.3 is 0 Å². The van der Waals surface area contributed by atoms with E-state index in [9.17, 15) is 4.79 Å². The van der Waals surface area contributed by atoms with Crippen LogP contribution >= 0.6 is 0 Å². The Bertz CT molecular complexity index is 684. The number of nitrogens with one attached hydrogen (secondary N) is 1. The van der Waals surface area contributed by atoms with E-state index in [1.54, 1.807) is 38.8 Å². The van der Waals surface area contributed by atoms with Crippen LogP contribution in [0.15, 0.2) is 48.8 Å². The molecule has 1 atom stereocenters. The first kappa shape index (κ1) is 16.5. The number of amides is 1. The summed E-state index contributed by atoms with van der Waals surface area (Å²) in [5, 5.41) is 2.91. The highest BCUT2D eigenvalue weighted by Gasteiger charge is 2.13. The Balaban J connectivity index is 2.05. The first-order chi connectivity index (χ1) is 11.1. The maximum Gasteiger partial charge on any atom is 0.244 e. The Morgan fingerprint density at radius 2 is 2.09 bits per heavy atom. The van der Waals surface area contributed by atoms with E-state index in [1.807, 2.05) is 31.2 Å². The van der Waals surface area contributed by atoms with Crippen LogP contribution in [0.1, 0.15) is 24.1 Å². The quantitative estimate of drug-likeness (QED) is 0.833. The third-order valence-electron chi connectivity index (χ3n) is 3.38. The number of hydrogen-bond acceptors (Lipinski definition) is 4. The molecule has 0 bridgehead atoms. The maximum atomic E-state index is 12.0. The van der Waals surface area contributed by atoms with Gasteiger partial charge in [-0.15, -0.1) is 0 Å². The number of methoxy groups -OCH3 is 2. The molecule has 0 aliphatic heterocycles. The Labute approximate surface area is 136 Å². The predicted octanol–water partition coefficient (Wildman–Crippen LogP) is 2.99. The molecule has 23 heavy (non-hydrogen) atoms. The molecule has 2 aromatic rings. The Kier molecular flexibility index (Phi) is 5.74. The van der Waals surface area contributed by atoms with Gasteiger partial charge in [-0.05, 0) is 36.8 Å². The zero-order chi connectivity index (χ0) is 16.7. The highest BCUT2D eigenvalue weighted by Crippen LogP contribution is 2.29. The second kappa shape index (κ2) is 7.98. The lowest BCUT2D eigenvalue weighted by Gasteiger charge is -2.17. The number of carbonyl (C=O) groups is 1. The van der Waals surface area contributed by atoms with E-state index in [2.05, 4.69) is 10.3 Å². The SMILES string of the molecule is COc1ccc(C(C)NC(=O)/C=C/c2cccnc2)c(OC)c1. The molecule has 0 saturated heterocycles. The molecule has 1 aromatic heterocycles. The van der Waals surface area contributed by atoms with Crippen molar-refractivity contribution in [1.82, 2.24) is 10.3 Å². The summed E-state index contributed by atoms with van der Waals surface area (Å²) in [6.45, 7) is 1.90. The standard InChI is InChI=1S/C18H20N2O3/c1-13(16-8-7-15(22-2)11-17(16)23-3)20-18(21)9-6-14-5-4-10-19-12-14/h4-13H,1-3H3,(H,20,21)/b9-6+. The summed E-state index contributed by atoms with van der Waals surface area (Å²) in [5.41, 5.74) is 1.76. The molecule has 1 N–H and O–H groups in total. The Hall–Kier alpha value is -2.82. The first-order valence-corrected chi connectivity index (χ1v) is 7.24. The van der Waals surface area contributed by atoms with Gasteiger partial charge in [-0.1, -0.05) is 6.07 Å². The normalized spacial score (nSPS) is 12.0. The van der Waals surface area contributed by atoms with E-state index in [0.29, 0.717) is 11.5 Å². The zero-order valence-electron chi connectivity index (χ0n) is 13.4. The number of nitrogens with zero attached hydrogens (tertiary/aromatic N) is 1. The van der Waals surface area contributed by atoms with Gasteiger partial charge in [-0.3, -0.25) is 9.78 Å². The van der Waals surface area contributed by atoms with E-state index >= 15 is 0 Å². The van der Waals surface area contributed by atoms with Crippen molar-refractivity contribution in [2.75, 3.05) is 14.2 Å². The van der Waals surface area contributed by atoms with Crippen molar-refractivity contribution in [3.8, 4) is 11.5 Å². The fourth-order valence-electron chi connectivity index (χ4n) is 2.16. The molecule has 0 fully saturated rings. The molecule has 1 unspecified atom stereocenters. The van der Waals surface area contributed by atoms with Crippen molar-refractivity contribution in [2.45, 2.75) is 13.0 Å². The van der Waals surface area contributed by atoms with Crippen molar-refractivity contribution >= 4 is 12.0 Å². The molecular formula is C18H20N2O3. The van der Waals surface area contributed by atoms with Crippen LogP contribution in [-0.4, -0.2) is 25.1 Å². The molecule has 0 saturated carbocycles. The first-order valence-electron chi connectivity index (χ1n) is 7.24. The van der Waals surface area contributed by atoms with E-state index in [-0.39, 0.29) is 11.9 Å². The van der Waals surface area contributed by atoms with E-state index in [4.69, 9.17) is 9.47 Å². The van der Waals surface area contributed by atoms with Crippen LogP contribution in [-0.2, 0) is 4.79 Å². The number of hydrogen-bond donors (Lipinski definition) is 1. The van der Waals surface area contributed by atoms with Gasteiger partial charge in [-0.25, -0.2) is 0 Å². The highest BCUT2D eigenvalue weighted by molar-refractivity contribution is 5.91. The summed E-state index contributed by atoms with van der Waals surface area (Å²) < 4.78 is 10.5. The lowest BCUT2D eigenvalue weighted by Crippen LogP contribution is -2.25. The zero-order valence-corrected chi connectivity index (χ0v) is 13.4. The molecule has 1 amide bonds. The summed E-state index contributed by atoms with van der Waals surface area (Å²) in [7, 11) is 3.19. The van der Waals surface area contributed by atoms with Gasteiger partial charge in [0.25, 0.3) is 0 Å². The van der Waals surface area contributed by atoms with E-state index in [0.717, 1.165) is 11.1 Å². The number of aromatic nitrogens is 1. The van der Waals surface area contributed by atoms with Gasteiger partial charge in [0.15, 0.2) is 0 Å². The molecule has 0 radical (unpaired) electrons. The highest BCUT2D eigenvalue weighted by atomic mass is 16.5. The summed E-state index contributed by atoms with van der Waals surface area (Å²) in [6, 6.07) is 9.03. The van der Waals surface area contributed by atoms with Gasteiger partial charge < -0.3 is 14.8 Å². The van der Waals surface area contributed by atoms with Crippen LogP contribution in [0.25, 0.3) is 6.08 Å². The van der Waals surface area contributed by atoms with Gasteiger partial charge in [0.1, 0.15) is 11.5 Å². The van der Waals surface area contributed by atoms with Crippen LogP contribution in [0.3, 0.4) is 0 Å². The Morgan fingerprint density at radius 3 is 2.74 bits per heavy atom. The van der Waals surface area contributed by atoms with Crippen molar-refractivity contribution < 1.29 is 14.3 Å². The number of pyridine rings is 1. The molecular weight excluding hydrogens is 292 g/mol. The number of rotatable bonds is 6. The minimum absolute atomic E-state index is 0.181. The van der Waals surface area contributed by atoms with Crippen LogP contribution in [0.4, 0.5) is 0 Å². The van der Waals surface area contributed by atoms with Crippen molar-refractivity contribution in [3.63, 3.8) is 0 Å². The lowest BCUT2D eigenvalue weighted by molar-refractivity contribution is -0.117. The van der Waals surface area contributed by atoms with Crippen LogP contribution in [0.5, 0.6) is 11.5 Å². The Morgan fingerprint density at radius 1 is 1.26 bits per heavy atom. The van der Waals surface area contributed by atoms with Gasteiger partial charge in [0, 0.05) is 30.1 Å². The summed E-state index contributed by atoms with van der Waals surface area (Å²) in [6.07, 6.45) is 6.60. The number of carbonyl (C=O) groups excluding carboxylic acids is 1. The lowest BCUT2D eigenvalue weighted by atomic mass is 10.1. The predicted molar refractivity (Wildman–Crippen MR) is 89.4 cm³/mol. The van der Waals surface area contributed by atoms with Crippen molar-refractivity contribution in [2.24, 2.45) is 0 Å². The minimum atomic E-state index is -0.193. The molecule has 1 aromatic carbocycles. The average Bonchev–Trinajstić information content (AvgIpc) is 2.60. The second-order valence-corrected chi connectivity index (χ2v) is 4.96. The molecule has 1 heterocycles. The monoisotopic (exact) mass is 312 g/mol. The van der Waals surface area contributed by atoms with Crippen LogP contribution in [0, 0.1) is 0 Å². The molecule has 0 aliphatic carbocycles. The van der Waals surface area contributed by atoms with Crippen molar-refractivity contribution in [3.05, 3.63) is 59.9 Å². The van der Waals surface area contributed by atoms with E-state index < -0.39 is 0 Å². The minimum Gasteiger partial charge on any atom is -0.497 e. The second-order valence-electron chi connectivity index (χ2n) is 4.96. The summed E-state index contributed by atoms with van der Waals surface area (Å²) in [5.74, 6) is 1.20. The van der Waals surface area contributed by atoms with Crippen LogP contribution in [0.2, 0.25) is 0 Å². The molecule has 2 rings (SSSR count). The van der Waals surface area contributed by atoms with Gasteiger partial charge in [0.2, 0.25) is 5.91 Å². The van der Waals surface area contributed by atoms with Crippen molar-refractivity contribution in [1.29, 1.82) is 0 Å². The number of ether oxygens (including phenoxy) is 2. The maximum absolute atomic E-state index is 12.0. The molecule has 0 aliphatic rings. The third-order valence-corrected chi connectivity index (χ3v) is 3.38. The third kappa shape index (κ3) is 4.57. The largest absolute Gasteiger partial charge is 0.497 e. The molecule has 5 heteroatoms. The molecule has 0 spiro atoms. The fourth-order valence-corrected chi connectivity index (χ4v) is 2.16. The fraction of sp³-hybridized carbons (Fsp3) is 0.222. The number of benzene rings is 1.